The molecule has 0 aliphatic carbocycles. The van der Waals surface area contributed by atoms with E-state index < -0.39 is 0 Å². The van der Waals surface area contributed by atoms with Gasteiger partial charge >= 0.3 is 0 Å². The SMILES string of the molecule is NNc1ccc(C(=O)NCCN2CCCCC2)nc1. The van der Waals surface area contributed by atoms with Crippen LogP contribution in [0.1, 0.15) is 29.8 Å². The topological polar surface area (TPSA) is 83.3 Å². The maximum atomic E-state index is 11.8. The smallest absolute Gasteiger partial charge is 0.269 e. The van der Waals surface area contributed by atoms with Gasteiger partial charge in [-0.3, -0.25) is 10.6 Å². The molecule has 0 spiro atoms. The average Bonchev–Trinajstić information content (AvgIpc) is 2.48. The van der Waals surface area contributed by atoms with E-state index in [1.54, 1.807) is 18.3 Å². The maximum Gasteiger partial charge on any atom is 0.269 e. The Hall–Kier alpha value is -1.66. The first-order chi connectivity index (χ1) is 9.29. The number of rotatable bonds is 5. The van der Waals surface area contributed by atoms with Crippen LogP contribution in [0.25, 0.3) is 0 Å². The van der Waals surface area contributed by atoms with E-state index in [9.17, 15) is 4.79 Å². The molecule has 2 rings (SSSR count). The Balaban J connectivity index is 1.73. The van der Waals surface area contributed by atoms with Crippen LogP contribution in [-0.4, -0.2) is 42.0 Å². The van der Waals surface area contributed by atoms with Gasteiger partial charge in [-0.15, -0.1) is 0 Å². The van der Waals surface area contributed by atoms with Crippen molar-refractivity contribution in [2.75, 3.05) is 31.6 Å². The monoisotopic (exact) mass is 263 g/mol. The number of carbonyl (C=O) groups is 1. The average molecular weight is 263 g/mol. The molecule has 0 bridgehead atoms. The predicted molar refractivity (Wildman–Crippen MR) is 74.7 cm³/mol. The van der Waals surface area contributed by atoms with Gasteiger partial charge in [-0.2, -0.15) is 0 Å². The molecule has 104 valence electrons. The van der Waals surface area contributed by atoms with E-state index in [-0.39, 0.29) is 5.91 Å². The van der Waals surface area contributed by atoms with Crippen molar-refractivity contribution in [1.29, 1.82) is 0 Å². The van der Waals surface area contributed by atoms with Crippen molar-refractivity contribution in [3.63, 3.8) is 0 Å². The molecule has 4 N–H and O–H groups in total. The van der Waals surface area contributed by atoms with Crippen LogP contribution >= 0.6 is 0 Å². The lowest BCUT2D eigenvalue weighted by molar-refractivity contribution is 0.0941. The number of nitrogens with two attached hydrogens (primary N) is 1. The number of nitrogens with zero attached hydrogens (tertiary/aromatic N) is 2. The minimum Gasteiger partial charge on any atom is -0.349 e. The van der Waals surface area contributed by atoms with Gasteiger partial charge < -0.3 is 15.6 Å². The molecule has 1 aromatic heterocycles. The number of aromatic nitrogens is 1. The summed E-state index contributed by atoms with van der Waals surface area (Å²) in [5, 5.41) is 2.89. The first-order valence-electron chi connectivity index (χ1n) is 6.73. The number of carbonyl (C=O) groups excluding carboxylic acids is 1. The quantitative estimate of drug-likeness (QED) is 0.535. The Labute approximate surface area is 113 Å². The summed E-state index contributed by atoms with van der Waals surface area (Å²) in [6.45, 7) is 3.86. The Bertz CT molecular complexity index is 400. The second-order valence-electron chi connectivity index (χ2n) is 4.73. The van der Waals surface area contributed by atoms with Gasteiger partial charge in [0.05, 0.1) is 11.9 Å². The van der Waals surface area contributed by atoms with Crippen molar-refractivity contribution < 1.29 is 4.79 Å². The second kappa shape index (κ2) is 7.06. The summed E-state index contributed by atoms with van der Waals surface area (Å²) in [4.78, 5) is 18.3. The van der Waals surface area contributed by atoms with Crippen LogP contribution < -0.4 is 16.6 Å². The number of anilines is 1. The lowest BCUT2D eigenvalue weighted by Crippen LogP contribution is -2.37. The highest BCUT2D eigenvalue weighted by Crippen LogP contribution is 2.07. The number of hydrogen-bond donors (Lipinski definition) is 3. The molecule has 1 aliphatic heterocycles. The fourth-order valence-corrected chi connectivity index (χ4v) is 2.21. The zero-order chi connectivity index (χ0) is 13.5. The fraction of sp³-hybridized carbons (Fsp3) is 0.538. The van der Waals surface area contributed by atoms with Gasteiger partial charge in [0.2, 0.25) is 0 Å². The molecule has 2 heterocycles. The highest BCUT2D eigenvalue weighted by atomic mass is 16.1. The van der Waals surface area contributed by atoms with Crippen LogP contribution in [0.4, 0.5) is 5.69 Å². The molecule has 19 heavy (non-hydrogen) atoms. The van der Waals surface area contributed by atoms with Crippen LogP contribution in [0.2, 0.25) is 0 Å². The molecular weight excluding hydrogens is 242 g/mol. The van der Waals surface area contributed by atoms with Crippen LogP contribution in [0, 0.1) is 0 Å². The second-order valence-corrected chi connectivity index (χ2v) is 4.73. The minimum atomic E-state index is -0.138. The number of amides is 1. The molecule has 1 aromatic rings. The Kier molecular flexibility index (Phi) is 5.11. The lowest BCUT2D eigenvalue weighted by Gasteiger charge is -2.26. The summed E-state index contributed by atoms with van der Waals surface area (Å²) in [5.41, 5.74) is 3.58. The molecule has 0 saturated carbocycles. The summed E-state index contributed by atoms with van der Waals surface area (Å²) in [6.07, 6.45) is 5.40. The summed E-state index contributed by atoms with van der Waals surface area (Å²) < 4.78 is 0. The Morgan fingerprint density at radius 3 is 2.74 bits per heavy atom. The number of pyridine rings is 1. The van der Waals surface area contributed by atoms with E-state index in [1.165, 1.54) is 19.3 Å². The summed E-state index contributed by atoms with van der Waals surface area (Å²) in [6, 6.07) is 3.39. The summed E-state index contributed by atoms with van der Waals surface area (Å²) >= 11 is 0. The first kappa shape index (κ1) is 13.8. The van der Waals surface area contributed by atoms with Gasteiger partial charge in [0.25, 0.3) is 5.91 Å². The van der Waals surface area contributed by atoms with Crippen molar-refractivity contribution in [2.24, 2.45) is 5.84 Å². The Morgan fingerprint density at radius 2 is 2.11 bits per heavy atom. The molecule has 6 nitrogen and oxygen atoms in total. The molecule has 1 fully saturated rings. The zero-order valence-electron chi connectivity index (χ0n) is 11.1. The van der Waals surface area contributed by atoms with Gasteiger partial charge in [-0.05, 0) is 38.1 Å². The maximum absolute atomic E-state index is 11.8. The standard InChI is InChI=1S/C13H21N5O/c14-17-11-4-5-12(16-10-11)13(19)15-6-9-18-7-2-1-3-8-18/h4-5,10,17H,1-3,6-9,14H2,(H,15,19). The number of nitrogens with one attached hydrogen (secondary N) is 2. The number of piperidine rings is 1. The van der Waals surface area contributed by atoms with Crippen LogP contribution in [-0.2, 0) is 0 Å². The Morgan fingerprint density at radius 1 is 1.32 bits per heavy atom. The van der Waals surface area contributed by atoms with E-state index in [0.717, 1.165) is 19.6 Å². The number of nitrogen functional groups attached to an aromatic ring is 1. The first-order valence-corrected chi connectivity index (χ1v) is 6.73. The molecule has 1 aliphatic rings. The van der Waals surface area contributed by atoms with Crippen molar-refractivity contribution in [2.45, 2.75) is 19.3 Å². The fourth-order valence-electron chi connectivity index (χ4n) is 2.21. The largest absolute Gasteiger partial charge is 0.349 e. The van der Waals surface area contributed by atoms with Gasteiger partial charge in [0.15, 0.2) is 0 Å². The molecule has 0 aromatic carbocycles. The third-order valence-corrected chi connectivity index (χ3v) is 3.33. The van der Waals surface area contributed by atoms with Gasteiger partial charge in [-0.25, -0.2) is 4.98 Å². The van der Waals surface area contributed by atoms with E-state index in [4.69, 9.17) is 5.84 Å². The highest BCUT2D eigenvalue weighted by Gasteiger charge is 2.11. The molecule has 1 saturated heterocycles. The van der Waals surface area contributed by atoms with Gasteiger partial charge in [-0.1, -0.05) is 6.42 Å². The third-order valence-electron chi connectivity index (χ3n) is 3.33. The summed E-state index contributed by atoms with van der Waals surface area (Å²) in [5.74, 6) is 5.10. The number of hydrogen-bond acceptors (Lipinski definition) is 5. The van der Waals surface area contributed by atoms with Gasteiger partial charge in [0.1, 0.15) is 5.69 Å². The van der Waals surface area contributed by atoms with E-state index in [0.29, 0.717) is 17.9 Å². The third kappa shape index (κ3) is 4.18. The normalized spacial score (nSPS) is 16.1. The van der Waals surface area contributed by atoms with Crippen LogP contribution in [0.3, 0.4) is 0 Å². The lowest BCUT2D eigenvalue weighted by atomic mass is 10.1. The van der Waals surface area contributed by atoms with Crippen molar-refractivity contribution in [1.82, 2.24) is 15.2 Å². The molecule has 6 heteroatoms. The van der Waals surface area contributed by atoms with Crippen LogP contribution in [0.5, 0.6) is 0 Å². The van der Waals surface area contributed by atoms with E-state index >= 15 is 0 Å². The van der Waals surface area contributed by atoms with E-state index in [1.807, 2.05) is 0 Å². The van der Waals surface area contributed by atoms with Gasteiger partial charge in [0, 0.05) is 13.1 Å². The molecule has 1 amide bonds. The molecular formula is C13H21N5O. The molecule has 0 atom stereocenters. The van der Waals surface area contributed by atoms with Crippen molar-refractivity contribution in [3.8, 4) is 0 Å². The van der Waals surface area contributed by atoms with Crippen molar-refractivity contribution >= 4 is 11.6 Å². The highest BCUT2D eigenvalue weighted by molar-refractivity contribution is 5.92. The molecule has 0 radical (unpaired) electrons. The van der Waals surface area contributed by atoms with Crippen molar-refractivity contribution in [3.05, 3.63) is 24.0 Å². The predicted octanol–water partition coefficient (Wildman–Crippen LogP) is 0.583. The minimum absolute atomic E-state index is 0.138. The number of hydrazine groups is 1. The van der Waals surface area contributed by atoms with Crippen LogP contribution in [0.15, 0.2) is 18.3 Å². The van der Waals surface area contributed by atoms with E-state index in [2.05, 4.69) is 20.6 Å². The summed E-state index contributed by atoms with van der Waals surface area (Å²) in [7, 11) is 0. The number of likely N-dealkylation sites (tertiary alicyclic amines) is 1. The molecule has 0 unspecified atom stereocenters. The zero-order valence-corrected chi connectivity index (χ0v) is 11.1.